The first-order chi connectivity index (χ1) is 37.2. The number of rotatable bonds is 55. The fourth-order valence-electron chi connectivity index (χ4n) is 7.94. The molecule has 3 atom stereocenters. The van der Waals surface area contributed by atoms with Gasteiger partial charge in [0.1, 0.15) is 12.7 Å². The highest BCUT2D eigenvalue weighted by Gasteiger charge is 2.28. The van der Waals surface area contributed by atoms with E-state index in [4.69, 9.17) is 23.3 Å². The van der Waals surface area contributed by atoms with Gasteiger partial charge in [0.05, 0.1) is 19.8 Å². The summed E-state index contributed by atoms with van der Waals surface area (Å²) in [5.74, 6) is -1.51. The Hall–Kier alpha value is -3.60. The molecule has 0 aromatic carbocycles. The summed E-state index contributed by atoms with van der Waals surface area (Å²) in [5.41, 5.74) is 0. The van der Waals surface area contributed by atoms with Gasteiger partial charge in [0.2, 0.25) is 0 Å². The summed E-state index contributed by atoms with van der Waals surface area (Å²) in [4.78, 5) is 48.6. The van der Waals surface area contributed by atoms with Crippen molar-refractivity contribution in [2.75, 3.05) is 26.4 Å². The van der Waals surface area contributed by atoms with Gasteiger partial charge in [-0.15, -0.1) is 0 Å². The number of aliphatic hydroxyl groups excluding tert-OH is 1. The molecule has 0 saturated heterocycles. The van der Waals surface area contributed by atoms with Gasteiger partial charge in [0.15, 0.2) is 6.10 Å². The van der Waals surface area contributed by atoms with E-state index < -0.39 is 57.8 Å². The average molecular weight is 1090 g/mol. The second kappa shape index (κ2) is 57.6. The maximum atomic E-state index is 12.9. The van der Waals surface area contributed by atoms with E-state index in [9.17, 15) is 28.9 Å². The van der Waals surface area contributed by atoms with Crippen LogP contribution in [0.15, 0.2) is 97.2 Å². The van der Waals surface area contributed by atoms with Crippen molar-refractivity contribution in [2.24, 2.45) is 0 Å². The van der Waals surface area contributed by atoms with E-state index in [1.165, 1.54) is 57.8 Å². The minimum absolute atomic E-state index is 0.142. The normalized spacial score (nSPS) is 14.0. The predicted octanol–water partition coefficient (Wildman–Crippen LogP) is 18.0. The van der Waals surface area contributed by atoms with E-state index in [0.29, 0.717) is 19.3 Å². The molecule has 0 rings (SSSR count). The fourth-order valence-corrected chi connectivity index (χ4v) is 8.73. The molecule has 11 nitrogen and oxygen atoms in total. The first-order valence-corrected chi connectivity index (χ1v) is 31.6. The van der Waals surface area contributed by atoms with E-state index >= 15 is 0 Å². The Morgan fingerprint density at radius 3 is 1.05 bits per heavy atom. The smallest absolute Gasteiger partial charge is 0.462 e. The van der Waals surface area contributed by atoms with Crippen molar-refractivity contribution in [1.29, 1.82) is 0 Å². The van der Waals surface area contributed by atoms with Crippen LogP contribution in [0, 0.1) is 0 Å². The highest BCUT2D eigenvalue weighted by Crippen LogP contribution is 2.43. The topological polar surface area (TPSA) is 155 Å². The lowest BCUT2D eigenvalue weighted by Crippen LogP contribution is -2.30. The predicted molar refractivity (Wildman–Crippen MR) is 316 cm³/mol. The van der Waals surface area contributed by atoms with Crippen LogP contribution in [0.25, 0.3) is 0 Å². The number of hydrogen-bond donors (Lipinski definition) is 2. The molecule has 0 heterocycles. The van der Waals surface area contributed by atoms with Crippen LogP contribution in [-0.4, -0.2) is 66.5 Å². The summed E-state index contributed by atoms with van der Waals surface area (Å²) >= 11 is 0. The van der Waals surface area contributed by atoms with E-state index in [0.717, 1.165) is 135 Å². The molecule has 0 aromatic heterocycles. The van der Waals surface area contributed by atoms with Crippen LogP contribution in [0.5, 0.6) is 0 Å². The van der Waals surface area contributed by atoms with Gasteiger partial charge in [-0.2, -0.15) is 0 Å². The summed E-state index contributed by atoms with van der Waals surface area (Å²) < 4.78 is 39.6. The van der Waals surface area contributed by atoms with Crippen molar-refractivity contribution in [3.8, 4) is 0 Å². The Balaban J connectivity index is 4.74. The third-order valence-corrected chi connectivity index (χ3v) is 13.4. The van der Waals surface area contributed by atoms with Crippen LogP contribution in [0.1, 0.15) is 252 Å². The monoisotopic (exact) mass is 1080 g/mol. The number of carbonyl (C=O) groups is 3. The lowest BCUT2D eigenvalue weighted by Gasteiger charge is -2.21. The van der Waals surface area contributed by atoms with Crippen LogP contribution >= 0.6 is 7.82 Å². The average Bonchev–Trinajstić information content (AvgIpc) is 3.41. The number of ether oxygens (including phenoxy) is 3. The molecule has 0 spiro atoms. The summed E-state index contributed by atoms with van der Waals surface area (Å²) in [6.45, 7) is 4.36. The van der Waals surface area contributed by atoms with Gasteiger partial charge >= 0.3 is 25.7 Å². The molecule has 76 heavy (non-hydrogen) atoms. The molecule has 0 amide bonds. The maximum Gasteiger partial charge on any atom is 0.472 e. The van der Waals surface area contributed by atoms with E-state index in [1.807, 2.05) is 0 Å². The fraction of sp³-hybridized carbons (Fsp3) is 0.703. The molecule has 436 valence electrons. The van der Waals surface area contributed by atoms with Crippen LogP contribution in [0.3, 0.4) is 0 Å². The van der Waals surface area contributed by atoms with E-state index in [-0.39, 0.29) is 25.9 Å². The van der Waals surface area contributed by atoms with E-state index in [1.54, 1.807) is 0 Å². The van der Waals surface area contributed by atoms with Gasteiger partial charge in [0, 0.05) is 19.3 Å². The molecule has 0 aromatic rings. The molecule has 0 bridgehead atoms. The second-order valence-electron chi connectivity index (χ2n) is 19.7. The summed E-state index contributed by atoms with van der Waals surface area (Å²) in [5, 5.41) is 9.82. The van der Waals surface area contributed by atoms with Gasteiger partial charge in [-0.05, 0) is 116 Å². The number of hydrogen-bond acceptors (Lipinski definition) is 10. The Labute approximate surface area is 463 Å². The minimum atomic E-state index is -4.76. The Morgan fingerprint density at radius 1 is 0.382 bits per heavy atom. The highest BCUT2D eigenvalue weighted by molar-refractivity contribution is 7.47. The zero-order chi connectivity index (χ0) is 55.5. The zero-order valence-corrected chi connectivity index (χ0v) is 49.1. The molecule has 2 N–H and O–H groups in total. The molecule has 0 aliphatic carbocycles. The minimum Gasteiger partial charge on any atom is -0.462 e. The maximum absolute atomic E-state index is 12.9. The third kappa shape index (κ3) is 55.2. The van der Waals surface area contributed by atoms with Crippen molar-refractivity contribution in [1.82, 2.24) is 0 Å². The van der Waals surface area contributed by atoms with Gasteiger partial charge < -0.3 is 24.2 Å². The van der Waals surface area contributed by atoms with Crippen molar-refractivity contribution < 1.29 is 52.2 Å². The standard InChI is InChI=1S/C64H109O11P/c1-4-7-10-13-16-19-22-25-28-29-30-31-34-35-38-41-44-47-50-53-62(66)71-57-61(75-64(68)55-52-49-46-43-40-37-33-27-24-21-18-15-12-9-6-3)59-73-76(69,70)72-58-60(56-65)74-63(67)54-51-48-45-42-39-36-32-26-23-20-17-14-11-8-5-2/h8-9,11-12,16-21,25-28,32-33,60-61,65H,4-7,10,13-15,22-24,29-31,34-59H2,1-3H3,(H,69,70)/b11-8-,12-9-,19-16-,20-17-,21-18-,28-25-,32-26-,33-27-. The molecule has 0 aliphatic rings. The largest absolute Gasteiger partial charge is 0.472 e. The van der Waals surface area contributed by atoms with Gasteiger partial charge in [0.25, 0.3) is 0 Å². The zero-order valence-electron chi connectivity index (χ0n) is 48.2. The van der Waals surface area contributed by atoms with Crippen LogP contribution in [-0.2, 0) is 42.2 Å². The molecule has 0 saturated carbocycles. The quantitative estimate of drug-likeness (QED) is 0.0197. The molecule has 3 unspecified atom stereocenters. The van der Waals surface area contributed by atoms with Gasteiger partial charge in [-0.1, -0.05) is 214 Å². The van der Waals surface area contributed by atoms with Crippen LogP contribution in [0.2, 0.25) is 0 Å². The van der Waals surface area contributed by atoms with Gasteiger partial charge in [-0.25, -0.2) is 4.57 Å². The summed E-state index contributed by atoms with van der Waals surface area (Å²) in [6.07, 6.45) is 67.9. The Kier molecular flexibility index (Phi) is 54.8. The SMILES string of the molecule is CC/C=C\C/C=C\C/C=C\CCCCCCCC(=O)OC(CO)COP(=O)(O)OCC(COC(=O)CCCCCCCCCCC/C=C\C/C=C\CCCCC)OC(=O)CCCCCCC/C=C\C/C=C\C/C=C\CC. The molecule has 0 fully saturated rings. The van der Waals surface area contributed by atoms with Crippen molar-refractivity contribution >= 4 is 25.7 Å². The first kappa shape index (κ1) is 72.4. The second-order valence-corrected chi connectivity index (χ2v) is 21.2. The van der Waals surface area contributed by atoms with Gasteiger partial charge in [-0.3, -0.25) is 23.4 Å². The lowest BCUT2D eigenvalue weighted by molar-refractivity contribution is -0.161. The van der Waals surface area contributed by atoms with Crippen molar-refractivity contribution in [3.05, 3.63) is 97.2 Å². The van der Waals surface area contributed by atoms with Crippen LogP contribution < -0.4 is 0 Å². The van der Waals surface area contributed by atoms with Crippen molar-refractivity contribution in [2.45, 2.75) is 264 Å². The summed E-state index contributed by atoms with van der Waals surface area (Å²) in [7, 11) is -4.76. The number of phosphoric ester groups is 1. The Bertz CT molecular complexity index is 1640. The number of carbonyl (C=O) groups excluding carboxylic acids is 3. The molecular weight excluding hydrogens is 976 g/mol. The molecular formula is C64H109O11P. The van der Waals surface area contributed by atoms with Crippen molar-refractivity contribution in [3.63, 3.8) is 0 Å². The third-order valence-electron chi connectivity index (χ3n) is 12.5. The number of allylic oxidation sites excluding steroid dienone is 16. The molecule has 12 heteroatoms. The Morgan fingerprint density at radius 2 is 0.684 bits per heavy atom. The lowest BCUT2D eigenvalue weighted by atomic mass is 10.1. The number of phosphoric acid groups is 1. The van der Waals surface area contributed by atoms with Crippen LogP contribution in [0.4, 0.5) is 0 Å². The van der Waals surface area contributed by atoms with E-state index in [2.05, 4.69) is 118 Å². The number of esters is 3. The first-order valence-electron chi connectivity index (χ1n) is 30.1. The highest BCUT2D eigenvalue weighted by atomic mass is 31.2. The summed E-state index contributed by atoms with van der Waals surface area (Å²) in [6, 6.07) is 0. The molecule has 0 radical (unpaired) electrons. The number of aliphatic hydroxyl groups is 1. The number of unbranched alkanes of at least 4 members (excludes halogenated alkanes) is 22. The molecule has 0 aliphatic heterocycles.